The number of carbonyl (C=O) groups is 2. The fraction of sp³-hybridized carbons (Fsp3) is 0.238. The van der Waals surface area contributed by atoms with E-state index in [1.165, 1.54) is 34.8 Å². The molecule has 0 aliphatic carbocycles. The number of carbonyl (C=O) groups excluding carboxylic acids is 2. The third kappa shape index (κ3) is 3.77. The molecular formula is C21H23N3O2. The average molecular weight is 349 g/mol. The van der Waals surface area contributed by atoms with E-state index in [4.69, 9.17) is 0 Å². The Balaban J connectivity index is 1.78. The van der Waals surface area contributed by atoms with Gasteiger partial charge in [-0.3, -0.25) is 9.59 Å². The molecule has 0 saturated carbocycles. The van der Waals surface area contributed by atoms with Gasteiger partial charge in [-0.05, 0) is 36.8 Å². The van der Waals surface area contributed by atoms with Crippen molar-refractivity contribution in [3.63, 3.8) is 0 Å². The third-order valence-electron chi connectivity index (χ3n) is 4.34. The molecule has 134 valence electrons. The summed E-state index contributed by atoms with van der Waals surface area (Å²) in [4.78, 5) is 22.7. The lowest BCUT2D eigenvalue weighted by atomic mass is 10.1. The number of benzene rings is 2. The van der Waals surface area contributed by atoms with Gasteiger partial charge in [0, 0.05) is 54.4 Å². The first-order chi connectivity index (χ1) is 12.6. The summed E-state index contributed by atoms with van der Waals surface area (Å²) in [7, 11) is 0. The predicted octanol–water partition coefficient (Wildman–Crippen LogP) is 3.08. The minimum atomic E-state index is -0.175. The topological polar surface area (TPSA) is 63.1 Å². The van der Waals surface area contributed by atoms with Crippen molar-refractivity contribution >= 4 is 39.7 Å². The molecule has 1 aromatic heterocycles. The molecule has 3 aromatic rings. The number of hydrogen-bond acceptors (Lipinski definition) is 2. The van der Waals surface area contributed by atoms with E-state index in [1.54, 1.807) is 0 Å². The molecule has 0 radical (unpaired) electrons. The van der Waals surface area contributed by atoms with E-state index < -0.39 is 0 Å². The minimum Gasteiger partial charge on any atom is -0.355 e. The van der Waals surface area contributed by atoms with Crippen LogP contribution in [0.3, 0.4) is 0 Å². The predicted molar refractivity (Wildman–Crippen MR) is 106 cm³/mol. The molecule has 0 unspecified atom stereocenters. The van der Waals surface area contributed by atoms with Crippen molar-refractivity contribution in [2.24, 2.45) is 0 Å². The molecular weight excluding hydrogens is 326 g/mol. The van der Waals surface area contributed by atoms with Crippen molar-refractivity contribution in [1.29, 1.82) is 0 Å². The third-order valence-corrected chi connectivity index (χ3v) is 4.34. The molecule has 0 bridgehead atoms. The first-order valence-corrected chi connectivity index (χ1v) is 8.81. The van der Waals surface area contributed by atoms with Gasteiger partial charge in [0.1, 0.15) is 0 Å². The second kappa shape index (κ2) is 7.87. The second-order valence-electron chi connectivity index (χ2n) is 6.15. The SMILES string of the molecule is CCn1c2ccccc2c2cc(C=CC(=O)NCCNC(C)=O)ccc21. The summed E-state index contributed by atoms with van der Waals surface area (Å²) in [5.41, 5.74) is 3.40. The van der Waals surface area contributed by atoms with Crippen molar-refractivity contribution in [2.45, 2.75) is 20.4 Å². The minimum absolute atomic E-state index is 0.102. The first-order valence-electron chi connectivity index (χ1n) is 8.81. The van der Waals surface area contributed by atoms with Crippen LogP contribution in [-0.4, -0.2) is 29.5 Å². The summed E-state index contributed by atoms with van der Waals surface area (Å²) < 4.78 is 2.30. The standard InChI is InChI=1S/C21H23N3O2/c1-3-24-19-7-5-4-6-17(19)18-14-16(8-10-20(18)24)9-11-21(26)23-13-12-22-15(2)25/h4-11,14H,3,12-13H2,1-2H3,(H,22,25)(H,23,26). The Kier molecular flexibility index (Phi) is 5.37. The second-order valence-corrected chi connectivity index (χ2v) is 6.15. The lowest BCUT2D eigenvalue weighted by Crippen LogP contribution is -2.32. The number of amides is 2. The largest absolute Gasteiger partial charge is 0.355 e. The van der Waals surface area contributed by atoms with Crippen molar-refractivity contribution in [2.75, 3.05) is 13.1 Å². The van der Waals surface area contributed by atoms with Gasteiger partial charge in [-0.2, -0.15) is 0 Å². The molecule has 2 N–H and O–H groups in total. The number of aromatic nitrogens is 1. The van der Waals surface area contributed by atoms with E-state index in [0.717, 1.165) is 12.1 Å². The molecule has 0 aliphatic heterocycles. The van der Waals surface area contributed by atoms with Gasteiger partial charge in [-0.1, -0.05) is 24.3 Å². The van der Waals surface area contributed by atoms with Gasteiger partial charge in [-0.25, -0.2) is 0 Å². The number of para-hydroxylation sites is 1. The fourth-order valence-corrected chi connectivity index (χ4v) is 3.17. The maximum atomic E-state index is 11.9. The summed E-state index contributed by atoms with van der Waals surface area (Å²) in [6.07, 6.45) is 3.33. The highest BCUT2D eigenvalue weighted by Gasteiger charge is 2.09. The van der Waals surface area contributed by atoms with Crippen LogP contribution in [0.5, 0.6) is 0 Å². The van der Waals surface area contributed by atoms with E-state index in [9.17, 15) is 9.59 Å². The Hall–Kier alpha value is -3.08. The number of hydrogen-bond donors (Lipinski definition) is 2. The molecule has 1 heterocycles. The van der Waals surface area contributed by atoms with Crippen molar-refractivity contribution < 1.29 is 9.59 Å². The molecule has 0 fully saturated rings. The molecule has 0 aliphatic rings. The molecule has 2 amide bonds. The quantitative estimate of drug-likeness (QED) is 0.531. The van der Waals surface area contributed by atoms with Gasteiger partial charge in [0.15, 0.2) is 0 Å². The van der Waals surface area contributed by atoms with Crippen LogP contribution in [0.1, 0.15) is 19.4 Å². The van der Waals surface area contributed by atoms with E-state index in [-0.39, 0.29) is 11.8 Å². The maximum absolute atomic E-state index is 11.9. The Labute approximate surface area is 152 Å². The van der Waals surface area contributed by atoms with Crippen LogP contribution in [0.4, 0.5) is 0 Å². The summed E-state index contributed by atoms with van der Waals surface area (Å²) in [5, 5.41) is 7.80. The number of aryl methyl sites for hydroxylation is 1. The first kappa shape index (κ1) is 17.7. The van der Waals surface area contributed by atoms with Crippen LogP contribution in [0, 0.1) is 0 Å². The van der Waals surface area contributed by atoms with Crippen LogP contribution in [0.25, 0.3) is 27.9 Å². The van der Waals surface area contributed by atoms with Gasteiger partial charge >= 0.3 is 0 Å². The van der Waals surface area contributed by atoms with Crippen LogP contribution in [0.15, 0.2) is 48.5 Å². The van der Waals surface area contributed by atoms with E-state index in [0.29, 0.717) is 13.1 Å². The molecule has 0 atom stereocenters. The number of nitrogens with zero attached hydrogens (tertiary/aromatic N) is 1. The lowest BCUT2D eigenvalue weighted by molar-refractivity contribution is -0.119. The van der Waals surface area contributed by atoms with Gasteiger partial charge in [0.2, 0.25) is 11.8 Å². The van der Waals surface area contributed by atoms with Crippen LogP contribution in [-0.2, 0) is 16.1 Å². The van der Waals surface area contributed by atoms with Crippen LogP contribution < -0.4 is 10.6 Å². The highest BCUT2D eigenvalue weighted by atomic mass is 16.2. The Morgan fingerprint density at radius 3 is 2.50 bits per heavy atom. The van der Waals surface area contributed by atoms with Crippen molar-refractivity contribution in [1.82, 2.24) is 15.2 Å². The summed E-state index contributed by atoms with van der Waals surface area (Å²) in [5.74, 6) is -0.277. The van der Waals surface area contributed by atoms with E-state index in [1.807, 2.05) is 18.2 Å². The number of fused-ring (bicyclic) bond motifs is 3. The molecule has 0 spiro atoms. The fourth-order valence-electron chi connectivity index (χ4n) is 3.17. The van der Waals surface area contributed by atoms with Crippen LogP contribution >= 0.6 is 0 Å². The van der Waals surface area contributed by atoms with Gasteiger partial charge in [0.05, 0.1) is 0 Å². The zero-order chi connectivity index (χ0) is 18.5. The zero-order valence-electron chi connectivity index (χ0n) is 15.1. The molecule has 2 aromatic carbocycles. The molecule has 0 saturated heterocycles. The molecule has 5 heteroatoms. The van der Waals surface area contributed by atoms with Gasteiger partial charge < -0.3 is 15.2 Å². The van der Waals surface area contributed by atoms with E-state index in [2.05, 4.69) is 52.5 Å². The average Bonchev–Trinajstić information content (AvgIpc) is 2.96. The van der Waals surface area contributed by atoms with Crippen molar-refractivity contribution in [3.8, 4) is 0 Å². The molecule has 5 nitrogen and oxygen atoms in total. The number of nitrogens with one attached hydrogen (secondary N) is 2. The smallest absolute Gasteiger partial charge is 0.244 e. The van der Waals surface area contributed by atoms with Gasteiger partial charge in [-0.15, -0.1) is 0 Å². The summed E-state index contributed by atoms with van der Waals surface area (Å²) in [6.45, 7) is 5.34. The van der Waals surface area contributed by atoms with Crippen LogP contribution in [0.2, 0.25) is 0 Å². The highest BCUT2D eigenvalue weighted by molar-refractivity contribution is 6.08. The summed E-state index contributed by atoms with van der Waals surface area (Å²) in [6, 6.07) is 14.6. The van der Waals surface area contributed by atoms with E-state index >= 15 is 0 Å². The summed E-state index contributed by atoms with van der Waals surface area (Å²) >= 11 is 0. The molecule has 3 rings (SSSR count). The molecule has 26 heavy (non-hydrogen) atoms. The van der Waals surface area contributed by atoms with Crippen molar-refractivity contribution in [3.05, 3.63) is 54.1 Å². The number of rotatable bonds is 6. The lowest BCUT2D eigenvalue weighted by Gasteiger charge is -2.03. The normalized spacial score (nSPS) is 11.3. The Bertz CT molecular complexity index is 985. The highest BCUT2D eigenvalue weighted by Crippen LogP contribution is 2.29. The Morgan fingerprint density at radius 1 is 1.00 bits per heavy atom. The maximum Gasteiger partial charge on any atom is 0.244 e. The Morgan fingerprint density at radius 2 is 1.73 bits per heavy atom. The monoisotopic (exact) mass is 349 g/mol. The van der Waals surface area contributed by atoms with Gasteiger partial charge in [0.25, 0.3) is 0 Å². The zero-order valence-corrected chi connectivity index (χ0v) is 15.1.